The Labute approximate surface area is 160 Å². The first kappa shape index (κ1) is 22.0. The van der Waals surface area contributed by atoms with E-state index in [0.717, 1.165) is 111 Å². The molecule has 2 saturated heterocycles. The summed E-state index contributed by atoms with van der Waals surface area (Å²) in [6, 6.07) is 0. The summed E-state index contributed by atoms with van der Waals surface area (Å²) in [7, 11) is 0. The van der Waals surface area contributed by atoms with E-state index in [9.17, 15) is 0 Å². The highest BCUT2D eigenvalue weighted by Crippen LogP contribution is 1.90. The maximum Gasteiger partial charge on any atom is 0.0481 e. The van der Waals surface area contributed by atoms with Crippen molar-refractivity contribution < 1.29 is 0 Å². The van der Waals surface area contributed by atoms with Gasteiger partial charge in [0.2, 0.25) is 0 Å². The van der Waals surface area contributed by atoms with Crippen molar-refractivity contribution in [1.29, 1.82) is 0 Å². The van der Waals surface area contributed by atoms with E-state index in [1.165, 1.54) is 6.42 Å². The maximum atomic E-state index is 3.60. The molecule has 8 nitrogen and oxygen atoms in total. The van der Waals surface area contributed by atoms with Gasteiger partial charge in [-0.15, -0.1) is 0 Å². The van der Waals surface area contributed by atoms with E-state index in [4.69, 9.17) is 0 Å². The standard InChI is InChI=1S/C18H42N8/c1-2-19-3-4-20-9-14-25-15-10-21-5-6-22-12-17-26(13-1)18-24-8-7-23-11-16-25/h19-24H,1-18H2. The van der Waals surface area contributed by atoms with Gasteiger partial charge in [-0.3, -0.25) is 9.80 Å². The predicted molar refractivity (Wildman–Crippen MR) is 110 cm³/mol. The van der Waals surface area contributed by atoms with Gasteiger partial charge in [-0.1, -0.05) is 0 Å². The summed E-state index contributed by atoms with van der Waals surface area (Å²) >= 11 is 0. The van der Waals surface area contributed by atoms with Crippen LogP contribution < -0.4 is 31.9 Å². The summed E-state index contributed by atoms with van der Waals surface area (Å²) in [5.41, 5.74) is 0. The largest absolute Gasteiger partial charge is 0.315 e. The lowest BCUT2D eigenvalue weighted by molar-refractivity contribution is 0.248. The number of hydrogen-bond donors (Lipinski definition) is 6. The fourth-order valence-corrected chi connectivity index (χ4v) is 3.37. The Morgan fingerprint density at radius 2 is 0.769 bits per heavy atom. The first-order valence-electron chi connectivity index (χ1n) is 10.6. The van der Waals surface area contributed by atoms with Gasteiger partial charge in [0, 0.05) is 105 Å². The average Bonchev–Trinajstić information content (AvgIpc) is 2.65. The second kappa shape index (κ2) is 15.7. The molecule has 2 rings (SSSR count). The third kappa shape index (κ3) is 11.4. The minimum atomic E-state index is 0.981. The van der Waals surface area contributed by atoms with Crippen molar-refractivity contribution in [3.63, 3.8) is 0 Å². The van der Waals surface area contributed by atoms with Gasteiger partial charge in [0.15, 0.2) is 0 Å². The summed E-state index contributed by atoms with van der Waals surface area (Å²) in [6.45, 7) is 18.2. The van der Waals surface area contributed by atoms with Gasteiger partial charge in [-0.2, -0.15) is 0 Å². The highest BCUT2D eigenvalue weighted by molar-refractivity contribution is 4.67. The molecule has 0 saturated carbocycles. The molecule has 6 N–H and O–H groups in total. The summed E-state index contributed by atoms with van der Waals surface area (Å²) in [5.74, 6) is 0. The molecule has 0 aliphatic carbocycles. The number of rotatable bonds is 0. The Bertz CT molecular complexity index is 286. The van der Waals surface area contributed by atoms with Crippen molar-refractivity contribution >= 4 is 0 Å². The SMILES string of the molecule is C1CNCCNCCN2CCNCCNCCN(C1)CNCCNCC2. The van der Waals surface area contributed by atoms with Gasteiger partial charge in [-0.25, -0.2) is 0 Å². The van der Waals surface area contributed by atoms with Crippen LogP contribution in [0.1, 0.15) is 6.42 Å². The molecular weight excluding hydrogens is 328 g/mol. The van der Waals surface area contributed by atoms with Crippen LogP contribution in [0, 0.1) is 0 Å². The molecule has 2 heterocycles. The zero-order chi connectivity index (χ0) is 18.1. The summed E-state index contributed by atoms with van der Waals surface area (Å²) in [6.07, 6.45) is 1.20. The molecule has 0 spiro atoms. The van der Waals surface area contributed by atoms with Crippen LogP contribution in [0.2, 0.25) is 0 Å². The van der Waals surface area contributed by atoms with Gasteiger partial charge in [0.1, 0.15) is 0 Å². The quantitative estimate of drug-likeness (QED) is 0.262. The Kier molecular flexibility index (Phi) is 13.3. The van der Waals surface area contributed by atoms with E-state index >= 15 is 0 Å². The molecule has 2 fully saturated rings. The lowest BCUT2D eigenvalue weighted by Gasteiger charge is -2.24. The van der Waals surface area contributed by atoms with E-state index in [2.05, 4.69) is 41.7 Å². The first-order valence-corrected chi connectivity index (χ1v) is 10.6. The molecule has 0 aromatic carbocycles. The number of hydrogen-bond acceptors (Lipinski definition) is 8. The van der Waals surface area contributed by atoms with Crippen molar-refractivity contribution in [2.24, 2.45) is 0 Å². The van der Waals surface area contributed by atoms with E-state index in [-0.39, 0.29) is 0 Å². The highest BCUT2D eigenvalue weighted by Gasteiger charge is 2.07. The van der Waals surface area contributed by atoms with Crippen LogP contribution in [-0.2, 0) is 0 Å². The summed E-state index contributed by atoms with van der Waals surface area (Å²) in [5, 5.41) is 21.5. The minimum absolute atomic E-state index is 0.981. The normalized spacial score (nSPS) is 30.5. The highest BCUT2D eigenvalue weighted by atomic mass is 15.2. The van der Waals surface area contributed by atoms with Crippen molar-refractivity contribution in [3.8, 4) is 0 Å². The van der Waals surface area contributed by atoms with Gasteiger partial charge in [-0.05, 0) is 13.0 Å². The van der Waals surface area contributed by atoms with Crippen LogP contribution in [0.4, 0.5) is 0 Å². The van der Waals surface area contributed by atoms with Crippen molar-refractivity contribution in [3.05, 3.63) is 0 Å². The summed E-state index contributed by atoms with van der Waals surface area (Å²) < 4.78 is 0. The molecule has 2 bridgehead atoms. The van der Waals surface area contributed by atoms with Crippen LogP contribution in [0.5, 0.6) is 0 Å². The third-order valence-corrected chi connectivity index (χ3v) is 5.02. The predicted octanol–water partition coefficient (Wildman–Crippen LogP) is -2.50. The maximum absolute atomic E-state index is 3.60. The van der Waals surface area contributed by atoms with Gasteiger partial charge in [0.05, 0.1) is 0 Å². The topological polar surface area (TPSA) is 78.7 Å². The molecule has 154 valence electrons. The number of fused-ring (bicyclic) bond motifs is 8. The second-order valence-electron chi connectivity index (χ2n) is 7.22. The molecule has 26 heavy (non-hydrogen) atoms. The van der Waals surface area contributed by atoms with Crippen LogP contribution in [0.25, 0.3) is 0 Å². The van der Waals surface area contributed by atoms with E-state index in [1.807, 2.05) is 0 Å². The number of nitrogens with zero attached hydrogens (tertiary/aromatic N) is 2. The van der Waals surface area contributed by atoms with E-state index in [1.54, 1.807) is 0 Å². The van der Waals surface area contributed by atoms with Crippen molar-refractivity contribution in [1.82, 2.24) is 41.7 Å². The average molecular weight is 371 g/mol. The number of nitrogens with one attached hydrogen (secondary N) is 6. The fourth-order valence-electron chi connectivity index (χ4n) is 3.37. The molecule has 2 unspecified atom stereocenters. The second-order valence-corrected chi connectivity index (χ2v) is 7.22. The molecule has 0 amide bonds. The van der Waals surface area contributed by atoms with Gasteiger partial charge in [0.25, 0.3) is 0 Å². The minimum Gasteiger partial charge on any atom is -0.315 e. The monoisotopic (exact) mass is 370 g/mol. The van der Waals surface area contributed by atoms with Gasteiger partial charge >= 0.3 is 0 Å². The molecular formula is C18H42N8. The Balaban J connectivity index is 1.87. The zero-order valence-electron chi connectivity index (χ0n) is 16.6. The fraction of sp³-hybridized carbons (Fsp3) is 1.00. The molecule has 2 aliphatic rings. The van der Waals surface area contributed by atoms with Crippen LogP contribution in [-0.4, -0.2) is 121 Å². The van der Waals surface area contributed by atoms with Crippen LogP contribution >= 0.6 is 0 Å². The molecule has 0 radical (unpaired) electrons. The lowest BCUT2D eigenvalue weighted by Crippen LogP contribution is -2.43. The first-order chi connectivity index (χ1) is 12.9. The van der Waals surface area contributed by atoms with Gasteiger partial charge < -0.3 is 31.9 Å². The van der Waals surface area contributed by atoms with E-state index in [0.29, 0.717) is 0 Å². The van der Waals surface area contributed by atoms with Crippen LogP contribution in [0.15, 0.2) is 0 Å². The molecule has 2 atom stereocenters. The Hall–Kier alpha value is -0.320. The Morgan fingerprint density at radius 1 is 0.346 bits per heavy atom. The van der Waals surface area contributed by atoms with Crippen molar-refractivity contribution in [2.45, 2.75) is 6.42 Å². The zero-order valence-corrected chi connectivity index (χ0v) is 16.6. The van der Waals surface area contributed by atoms with Crippen LogP contribution in [0.3, 0.4) is 0 Å². The van der Waals surface area contributed by atoms with Crippen molar-refractivity contribution in [2.75, 3.05) is 111 Å². The molecule has 0 aromatic rings. The summed E-state index contributed by atoms with van der Waals surface area (Å²) in [4.78, 5) is 5.09. The molecule has 8 heteroatoms. The smallest absolute Gasteiger partial charge is 0.0481 e. The third-order valence-electron chi connectivity index (χ3n) is 5.02. The molecule has 2 aliphatic heterocycles. The lowest BCUT2D eigenvalue weighted by atomic mass is 10.3. The Morgan fingerprint density at radius 3 is 1.31 bits per heavy atom. The molecule has 0 aromatic heterocycles. The van der Waals surface area contributed by atoms with E-state index < -0.39 is 0 Å².